The summed E-state index contributed by atoms with van der Waals surface area (Å²) in [6.45, 7) is 2.02. The molecule has 1 heterocycles. The van der Waals surface area contributed by atoms with E-state index < -0.39 is 0 Å². The Morgan fingerprint density at radius 1 is 1.82 bits per heavy atom. The molecule has 2 N–H and O–H groups in total. The molecule has 0 saturated heterocycles. The smallest absolute Gasteiger partial charge is 0.202 e. The minimum absolute atomic E-state index is 0.0519. The molecule has 0 aliphatic carbocycles. The summed E-state index contributed by atoms with van der Waals surface area (Å²) in [5.41, 5.74) is 0. The first-order valence-electron chi connectivity index (χ1n) is 3.58. The Bertz CT molecular complexity index is 221. The van der Waals surface area contributed by atoms with E-state index in [2.05, 4.69) is 10.3 Å². The number of hydrogen-bond acceptors (Lipinski definition) is 3. The van der Waals surface area contributed by atoms with Crippen LogP contribution in [-0.4, -0.2) is 27.3 Å². The van der Waals surface area contributed by atoms with Gasteiger partial charge in [-0.15, -0.1) is 0 Å². The molecule has 4 heteroatoms. The van der Waals surface area contributed by atoms with Gasteiger partial charge in [0.1, 0.15) is 0 Å². The lowest BCUT2D eigenvalue weighted by Crippen LogP contribution is -2.21. The summed E-state index contributed by atoms with van der Waals surface area (Å²) in [4.78, 5) is 4.04. The summed E-state index contributed by atoms with van der Waals surface area (Å²) in [7, 11) is 1.90. The zero-order valence-electron chi connectivity index (χ0n) is 6.78. The second kappa shape index (κ2) is 3.39. The fraction of sp³-hybridized carbons (Fsp3) is 0.571. The van der Waals surface area contributed by atoms with E-state index in [1.165, 1.54) is 0 Å². The van der Waals surface area contributed by atoms with E-state index in [0.717, 1.165) is 5.95 Å². The summed E-state index contributed by atoms with van der Waals surface area (Å²) in [5, 5.41) is 11.8. The maximum Gasteiger partial charge on any atom is 0.202 e. The third kappa shape index (κ3) is 1.94. The van der Waals surface area contributed by atoms with E-state index in [9.17, 15) is 0 Å². The van der Waals surface area contributed by atoms with Crippen molar-refractivity contribution in [3.63, 3.8) is 0 Å². The van der Waals surface area contributed by atoms with Crippen molar-refractivity contribution in [2.45, 2.75) is 13.0 Å². The standard InChI is InChI=1S/C7H13N3O/c1-6(5-11)9-7-8-3-4-10(7)2/h3-4,6,11H,5H2,1-2H3,(H,8,9). The summed E-state index contributed by atoms with van der Waals surface area (Å²) >= 11 is 0. The predicted octanol–water partition coefficient (Wildman–Crippen LogP) is 0.213. The molecule has 0 amide bonds. The van der Waals surface area contributed by atoms with Gasteiger partial charge >= 0.3 is 0 Å². The number of aliphatic hydroxyl groups excluding tert-OH is 1. The van der Waals surface area contributed by atoms with Crippen LogP contribution in [0, 0.1) is 0 Å². The Hall–Kier alpha value is -1.03. The monoisotopic (exact) mass is 155 g/mol. The molecular weight excluding hydrogens is 142 g/mol. The van der Waals surface area contributed by atoms with E-state index >= 15 is 0 Å². The molecule has 1 atom stereocenters. The predicted molar refractivity (Wildman–Crippen MR) is 43.4 cm³/mol. The van der Waals surface area contributed by atoms with Crippen LogP contribution in [0.25, 0.3) is 0 Å². The fourth-order valence-corrected chi connectivity index (χ4v) is 0.771. The quantitative estimate of drug-likeness (QED) is 0.656. The third-order valence-electron chi connectivity index (χ3n) is 1.47. The summed E-state index contributed by atoms with van der Waals surface area (Å²) < 4.78 is 1.87. The SMILES string of the molecule is CC(CO)Nc1nccn1C. The second-order valence-corrected chi connectivity index (χ2v) is 2.59. The molecule has 0 bridgehead atoms. The Morgan fingerprint density at radius 3 is 3.00 bits per heavy atom. The van der Waals surface area contributed by atoms with Crippen molar-refractivity contribution in [1.29, 1.82) is 0 Å². The molecule has 1 rings (SSSR count). The zero-order valence-corrected chi connectivity index (χ0v) is 6.78. The lowest BCUT2D eigenvalue weighted by Gasteiger charge is -2.10. The van der Waals surface area contributed by atoms with Crippen molar-refractivity contribution in [3.05, 3.63) is 12.4 Å². The first kappa shape index (κ1) is 8.07. The number of nitrogens with one attached hydrogen (secondary N) is 1. The minimum Gasteiger partial charge on any atom is -0.394 e. The molecule has 1 unspecified atom stereocenters. The average molecular weight is 155 g/mol. The van der Waals surface area contributed by atoms with Gasteiger partial charge in [-0.3, -0.25) is 0 Å². The van der Waals surface area contributed by atoms with Crippen LogP contribution in [0.3, 0.4) is 0 Å². The number of imidazole rings is 1. The summed E-state index contributed by atoms with van der Waals surface area (Å²) in [6.07, 6.45) is 3.57. The molecule has 0 aromatic carbocycles. The van der Waals surface area contributed by atoms with Crippen molar-refractivity contribution < 1.29 is 5.11 Å². The van der Waals surface area contributed by atoms with Gasteiger partial charge in [0, 0.05) is 25.5 Å². The highest BCUT2D eigenvalue weighted by molar-refractivity contribution is 5.26. The molecule has 1 aromatic heterocycles. The van der Waals surface area contributed by atoms with Crippen molar-refractivity contribution in [2.75, 3.05) is 11.9 Å². The van der Waals surface area contributed by atoms with Crippen LogP contribution >= 0.6 is 0 Å². The lowest BCUT2D eigenvalue weighted by atomic mass is 10.4. The van der Waals surface area contributed by atoms with Crippen LogP contribution < -0.4 is 5.32 Å². The number of aryl methyl sites for hydroxylation is 1. The zero-order chi connectivity index (χ0) is 8.27. The number of aliphatic hydroxyl groups is 1. The number of rotatable bonds is 3. The van der Waals surface area contributed by atoms with E-state index in [1.807, 2.05) is 24.7 Å². The summed E-state index contributed by atoms with van der Waals surface area (Å²) in [6, 6.07) is 0.0519. The highest BCUT2D eigenvalue weighted by Gasteiger charge is 2.02. The largest absolute Gasteiger partial charge is 0.394 e. The normalized spacial score (nSPS) is 13.0. The third-order valence-corrected chi connectivity index (χ3v) is 1.47. The minimum atomic E-state index is 0.0519. The van der Waals surface area contributed by atoms with Gasteiger partial charge in [0.05, 0.1) is 6.61 Å². The fourth-order valence-electron chi connectivity index (χ4n) is 0.771. The lowest BCUT2D eigenvalue weighted by molar-refractivity contribution is 0.281. The van der Waals surface area contributed by atoms with E-state index in [4.69, 9.17) is 5.11 Å². The molecular formula is C7H13N3O. The first-order chi connectivity index (χ1) is 5.24. The number of aromatic nitrogens is 2. The molecule has 0 fully saturated rings. The molecule has 62 valence electrons. The Kier molecular flexibility index (Phi) is 2.48. The molecule has 0 aliphatic heterocycles. The number of nitrogens with zero attached hydrogens (tertiary/aromatic N) is 2. The second-order valence-electron chi connectivity index (χ2n) is 2.59. The highest BCUT2D eigenvalue weighted by atomic mass is 16.3. The molecule has 4 nitrogen and oxygen atoms in total. The summed E-state index contributed by atoms with van der Waals surface area (Å²) in [5.74, 6) is 0.784. The van der Waals surface area contributed by atoms with Gasteiger partial charge in [-0.05, 0) is 6.92 Å². The van der Waals surface area contributed by atoms with E-state index in [0.29, 0.717) is 0 Å². The van der Waals surface area contributed by atoms with E-state index in [1.54, 1.807) is 6.20 Å². The van der Waals surface area contributed by atoms with Gasteiger partial charge in [-0.2, -0.15) is 0 Å². The van der Waals surface area contributed by atoms with Crippen molar-refractivity contribution in [1.82, 2.24) is 9.55 Å². The van der Waals surface area contributed by atoms with Gasteiger partial charge in [-0.1, -0.05) is 0 Å². The van der Waals surface area contributed by atoms with Crippen LogP contribution in [-0.2, 0) is 7.05 Å². The topological polar surface area (TPSA) is 50.1 Å². The van der Waals surface area contributed by atoms with Gasteiger partial charge in [0.25, 0.3) is 0 Å². The highest BCUT2D eigenvalue weighted by Crippen LogP contribution is 2.01. The van der Waals surface area contributed by atoms with Crippen LogP contribution in [0.5, 0.6) is 0 Å². The Balaban J connectivity index is 2.56. The van der Waals surface area contributed by atoms with Crippen LogP contribution in [0.15, 0.2) is 12.4 Å². The molecule has 11 heavy (non-hydrogen) atoms. The van der Waals surface area contributed by atoms with Crippen molar-refractivity contribution in [3.8, 4) is 0 Å². The van der Waals surface area contributed by atoms with E-state index in [-0.39, 0.29) is 12.6 Å². The van der Waals surface area contributed by atoms with Gasteiger partial charge in [0.2, 0.25) is 5.95 Å². The maximum absolute atomic E-state index is 8.72. The van der Waals surface area contributed by atoms with Crippen LogP contribution in [0.4, 0.5) is 5.95 Å². The number of anilines is 1. The molecule has 0 saturated carbocycles. The maximum atomic E-state index is 8.72. The molecule has 1 aromatic rings. The molecule has 0 radical (unpaired) electrons. The van der Waals surface area contributed by atoms with Gasteiger partial charge in [-0.25, -0.2) is 4.98 Å². The number of hydrogen-bond donors (Lipinski definition) is 2. The Morgan fingerprint density at radius 2 is 2.55 bits per heavy atom. The Labute approximate surface area is 65.9 Å². The molecule has 0 spiro atoms. The van der Waals surface area contributed by atoms with Crippen molar-refractivity contribution in [2.24, 2.45) is 7.05 Å². The van der Waals surface area contributed by atoms with Gasteiger partial charge in [0.15, 0.2) is 0 Å². The van der Waals surface area contributed by atoms with Gasteiger partial charge < -0.3 is 15.0 Å². The van der Waals surface area contributed by atoms with Crippen LogP contribution in [0.2, 0.25) is 0 Å². The van der Waals surface area contributed by atoms with Crippen LogP contribution in [0.1, 0.15) is 6.92 Å². The average Bonchev–Trinajstić information content (AvgIpc) is 2.37. The molecule has 0 aliphatic rings. The van der Waals surface area contributed by atoms with Crippen molar-refractivity contribution >= 4 is 5.95 Å². The first-order valence-corrected chi connectivity index (χ1v) is 3.58.